The summed E-state index contributed by atoms with van der Waals surface area (Å²) in [4.78, 5) is 37.3. The fourth-order valence-corrected chi connectivity index (χ4v) is 3.49. The molecule has 0 radical (unpaired) electrons. The van der Waals surface area contributed by atoms with E-state index in [2.05, 4.69) is 0 Å². The number of hydrogen-bond acceptors (Lipinski definition) is 5. The lowest BCUT2D eigenvalue weighted by molar-refractivity contribution is -0.157. The predicted octanol–water partition coefficient (Wildman–Crippen LogP) is 2.29. The number of carboxylic acids is 1. The van der Waals surface area contributed by atoms with E-state index in [9.17, 15) is 27.9 Å². The summed E-state index contributed by atoms with van der Waals surface area (Å²) in [5, 5.41) is 9.39. The van der Waals surface area contributed by atoms with Gasteiger partial charge in [0.05, 0.1) is 6.42 Å². The molecule has 156 valence electrons. The molecular weight excluding hydrogens is 386 g/mol. The van der Waals surface area contributed by atoms with Crippen molar-refractivity contribution in [1.29, 1.82) is 0 Å². The second-order valence-electron chi connectivity index (χ2n) is 6.59. The molecule has 2 amide bonds. The van der Waals surface area contributed by atoms with Crippen LogP contribution in [0.1, 0.15) is 51.0 Å². The highest BCUT2D eigenvalue weighted by molar-refractivity contribution is 7.85. The molecule has 0 aliphatic carbocycles. The Kier molecular flexibility index (Phi) is 9.81. The molecule has 2 N–H and O–H groups in total. The van der Waals surface area contributed by atoms with Crippen LogP contribution in [0.15, 0.2) is 30.3 Å². The van der Waals surface area contributed by atoms with E-state index < -0.39 is 39.7 Å². The Labute approximate surface area is 165 Å². The standard InChI is InChI=1S/C19H27NO7S/c1-2-3-4-5-9-12-17(21)20(16(19(23)24)14-28(25,26)27)18(22)13-15-10-7-6-8-11-15/h6-8,10-11,16H,2-5,9,12-14H2,1H3,(H,23,24)(H,25,26,27)/t16-/m0/s1. The third kappa shape index (κ3) is 8.62. The topological polar surface area (TPSA) is 129 Å². The van der Waals surface area contributed by atoms with Crippen LogP contribution >= 0.6 is 0 Å². The molecule has 1 atom stereocenters. The van der Waals surface area contributed by atoms with E-state index in [-0.39, 0.29) is 12.8 Å². The maximum Gasteiger partial charge on any atom is 0.328 e. The van der Waals surface area contributed by atoms with Gasteiger partial charge in [0.25, 0.3) is 10.1 Å². The van der Waals surface area contributed by atoms with Crippen LogP contribution in [0.2, 0.25) is 0 Å². The van der Waals surface area contributed by atoms with Gasteiger partial charge in [0.1, 0.15) is 5.75 Å². The van der Waals surface area contributed by atoms with Crippen LogP contribution in [0.5, 0.6) is 0 Å². The maximum atomic E-state index is 12.7. The van der Waals surface area contributed by atoms with Crippen molar-refractivity contribution < 1.29 is 32.5 Å². The van der Waals surface area contributed by atoms with Gasteiger partial charge in [-0.3, -0.25) is 19.0 Å². The highest BCUT2D eigenvalue weighted by Gasteiger charge is 2.37. The van der Waals surface area contributed by atoms with Crippen LogP contribution in [0.4, 0.5) is 0 Å². The molecule has 9 heteroatoms. The van der Waals surface area contributed by atoms with Gasteiger partial charge in [0, 0.05) is 6.42 Å². The summed E-state index contributed by atoms with van der Waals surface area (Å²) in [6.45, 7) is 2.04. The Balaban J connectivity index is 3.01. The van der Waals surface area contributed by atoms with Crippen LogP contribution in [-0.4, -0.2) is 52.6 Å². The number of hydrogen-bond donors (Lipinski definition) is 2. The van der Waals surface area contributed by atoms with Crippen LogP contribution in [0.3, 0.4) is 0 Å². The highest BCUT2D eigenvalue weighted by atomic mass is 32.2. The van der Waals surface area contributed by atoms with Gasteiger partial charge in [-0.1, -0.05) is 62.9 Å². The van der Waals surface area contributed by atoms with Crippen molar-refractivity contribution in [3.8, 4) is 0 Å². The summed E-state index contributed by atoms with van der Waals surface area (Å²) in [6.07, 6.45) is 3.82. The largest absolute Gasteiger partial charge is 0.480 e. The summed E-state index contributed by atoms with van der Waals surface area (Å²) >= 11 is 0. The molecule has 8 nitrogen and oxygen atoms in total. The lowest BCUT2D eigenvalue weighted by Gasteiger charge is -2.26. The van der Waals surface area contributed by atoms with E-state index in [0.29, 0.717) is 16.9 Å². The first kappa shape index (κ1) is 23.8. The summed E-state index contributed by atoms with van der Waals surface area (Å²) in [5.41, 5.74) is 0.559. The molecule has 1 aromatic carbocycles. The first-order chi connectivity index (χ1) is 13.2. The van der Waals surface area contributed by atoms with Gasteiger partial charge < -0.3 is 5.11 Å². The predicted molar refractivity (Wildman–Crippen MR) is 103 cm³/mol. The van der Waals surface area contributed by atoms with Gasteiger partial charge in [-0.15, -0.1) is 0 Å². The number of aliphatic carboxylic acids is 1. The average molecular weight is 413 g/mol. The zero-order valence-corrected chi connectivity index (χ0v) is 16.7. The molecule has 0 aliphatic rings. The molecule has 0 unspecified atom stereocenters. The van der Waals surface area contributed by atoms with Crippen LogP contribution in [0, 0.1) is 0 Å². The quantitative estimate of drug-likeness (QED) is 0.397. The van der Waals surface area contributed by atoms with Gasteiger partial charge in [0.15, 0.2) is 6.04 Å². The van der Waals surface area contributed by atoms with Crippen LogP contribution in [0.25, 0.3) is 0 Å². The minimum Gasteiger partial charge on any atom is -0.480 e. The van der Waals surface area contributed by atoms with E-state index in [0.717, 1.165) is 25.7 Å². The van der Waals surface area contributed by atoms with Crippen molar-refractivity contribution in [2.75, 3.05) is 5.75 Å². The Bertz CT molecular complexity index is 762. The van der Waals surface area contributed by atoms with Gasteiger partial charge in [-0.25, -0.2) is 4.79 Å². The minimum atomic E-state index is -4.71. The number of rotatable bonds is 12. The zero-order chi connectivity index (χ0) is 21.2. The van der Waals surface area contributed by atoms with Crippen molar-refractivity contribution in [3.63, 3.8) is 0 Å². The number of imide groups is 1. The molecule has 1 rings (SSSR count). The Morgan fingerprint density at radius 1 is 1.00 bits per heavy atom. The second-order valence-corrected chi connectivity index (χ2v) is 8.08. The number of carboxylic acid groups (broad SMARTS) is 1. The van der Waals surface area contributed by atoms with E-state index >= 15 is 0 Å². The summed E-state index contributed by atoms with van der Waals surface area (Å²) in [7, 11) is -4.71. The first-order valence-electron chi connectivity index (χ1n) is 9.22. The van der Waals surface area contributed by atoms with Gasteiger partial charge in [-0.2, -0.15) is 8.42 Å². The molecule has 0 spiro atoms. The van der Waals surface area contributed by atoms with E-state index in [1.807, 2.05) is 6.92 Å². The van der Waals surface area contributed by atoms with Crippen LogP contribution < -0.4 is 0 Å². The monoisotopic (exact) mass is 413 g/mol. The van der Waals surface area contributed by atoms with Crippen molar-refractivity contribution in [2.45, 2.75) is 57.9 Å². The lowest BCUT2D eigenvalue weighted by atomic mass is 10.1. The third-order valence-corrected chi connectivity index (χ3v) is 4.93. The second kappa shape index (κ2) is 11.6. The van der Waals surface area contributed by atoms with Gasteiger partial charge >= 0.3 is 5.97 Å². The van der Waals surface area contributed by atoms with Crippen molar-refractivity contribution in [1.82, 2.24) is 4.90 Å². The molecule has 0 bridgehead atoms. The molecule has 28 heavy (non-hydrogen) atoms. The number of unbranched alkanes of at least 4 members (excludes halogenated alkanes) is 4. The van der Waals surface area contributed by atoms with Crippen molar-refractivity contribution >= 4 is 27.9 Å². The normalized spacial score (nSPS) is 12.4. The lowest BCUT2D eigenvalue weighted by Crippen LogP contribution is -2.52. The fraction of sp³-hybridized carbons (Fsp3) is 0.526. The van der Waals surface area contributed by atoms with E-state index in [4.69, 9.17) is 4.55 Å². The maximum absolute atomic E-state index is 12.7. The van der Waals surface area contributed by atoms with Gasteiger partial charge in [-0.05, 0) is 12.0 Å². The molecule has 1 aromatic rings. The minimum absolute atomic E-state index is 0.0699. The summed E-state index contributed by atoms with van der Waals surface area (Å²) < 4.78 is 31.5. The van der Waals surface area contributed by atoms with Crippen molar-refractivity contribution in [2.24, 2.45) is 0 Å². The molecule has 0 fully saturated rings. The summed E-state index contributed by atoms with van der Waals surface area (Å²) in [6, 6.07) is 6.43. The van der Waals surface area contributed by atoms with Crippen molar-refractivity contribution in [3.05, 3.63) is 35.9 Å². The molecule has 0 aromatic heterocycles. The Morgan fingerprint density at radius 2 is 1.61 bits per heavy atom. The number of carbonyl (C=O) groups is 3. The molecule has 0 saturated heterocycles. The van der Waals surface area contributed by atoms with E-state index in [1.54, 1.807) is 30.3 Å². The molecule has 0 aliphatic heterocycles. The highest BCUT2D eigenvalue weighted by Crippen LogP contribution is 2.14. The SMILES string of the molecule is CCCCCCCC(=O)N(C(=O)Cc1ccccc1)[C@@H](CS(=O)(=O)O)C(=O)O. The fourth-order valence-electron chi connectivity index (χ4n) is 2.80. The summed E-state index contributed by atoms with van der Waals surface area (Å²) in [5.74, 6) is -4.49. The van der Waals surface area contributed by atoms with Crippen LogP contribution in [-0.2, 0) is 30.9 Å². The number of nitrogens with zero attached hydrogens (tertiary/aromatic N) is 1. The average Bonchev–Trinajstić information content (AvgIpc) is 2.60. The number of benzene rings is 1. The first-order valence-corrected chi connectivity index (χ1v) is 10.8. The van der Waals surface area contributed by atoms with Gasteiger partial charge in [0.2, 0.25) is 11.8 Å². The smallest absolute Gasteiger partial charge is 0.328 e. The third-order valence-electron chi connectivity index (χ3n) is 4.19. The number of amides is 2. The zero-order valence-electron chi connectivity index (χ0n) is 15.9. The molecule has 0 heterocycles. The Morgan fingerprint density at radius 3 is 2.14 bits per heavy atom. The Hall–Kier alpha value is -2.26. The van der Waals surface area contributed by atoms with E-state index in [1.165, 1.54) is 0 Å². The number of carbonyl (C=O) groups excluding carboxylic acids is 2. The molecular formula is C19H27NO7S. The molecule has 0 saturated carbocycles.